The van der Waals surface area contributed by atoms with E-state index in [0.29, 0.717) is 18.0 Å². The fourth-order valence-corrected chi connectivity index (χ4v) is 2.91. The molecule has 4 nitrogen and oxygen atoms in total. The third kappa shape index (κ3) is 3.59. The van der Waals surface area contributed by atoms with Crippen LogP contribution in [-0.2, 0) is 0 Å². The average molecular weight is 296 g/mol. The number of benzene rings is 1. The summed E-state index contributed by atoms with van der Waals surface area (Å²) in [6.07, 6.45) is 4.31. The van der Waals surface area contributed by atoms with E-state index in [2.05, 4.69) is 0 Å². The average Bonchev–Trinajstić information content (AvgIpc) is 2.46. The molecule has 1 aliphatic rings. The first-order valence-electron chi connectivity index (χ1n) is 7.67. The Morgan fingerprint density at radius 2 is 2.10 bits per heavy atom. The molecule has 5 heteroatoms. The Bertz CT molecular complexity index is 482. The summed E-state index contributed by atoms with van der Waals surface area (Å²) in [6.45, 7) is 2.44. The minimum atomic E-state index is -0.442. The summed E-state index contributed by atoms with van der Waals surface area (Å²) in [5.41, 5.74) is 7.04. The summed E-state index contributed by atoms with van der Waals surface area (Å²) >= 11 is 0. The molecule has 21 heavy (non-hydrogen) atoms. The first kappa shape index (κ1) is 15.9. The molecule has 1 saturated carbocycles. The molecule has 0 heterocycles. The van der Waals surface area contributed by atoms with Gasteiger partial charge >= 0.3 is 0 Å². The number of nitrogens with two attached hydrogens (primary N) is 1. The molecule has 0 bridgehead atoms. The van der Waals surface area contributed by atoms with Gasteiger partial charge in [0.2, 0.25) is 0 Å². The zero-order valence-electron chi connectivity index (χ0n) is 12.8. The number of aliphatic hydroxyl groups excluding tert-OH is 1. The van der Waals surface area contributed by atoms with Crippen LogP contribution in [-0.4, -0.2) is 30.9 Å². The Morgan fingerprint density at radius 1 is 1.38 bits per heavy atom. The maximum absolute atomic E-state index is 13.9. The topological polar surface area (TPSA) is 58.7 Å². The lowest BCUT2D eigenvalue weighted by Gasteiger charge is -2.37. The number of hydrogen-bond acceptors (Lipinski definition) is 4. The van der Waals surface area contributed by atoms with Crippen molar-refractivity contribution in [1.29, 1.82) is 0 Å². The van der Waals surface area contributed by atoms with Gasteiger partial charge in [-0.15, -0.1) is 0 Å². The lowest BCUT2D eigenvalue weighted by atomic mass is 9.91. The van der Waals surface area contributed by atoms with Crippen LogP contribution in [0.4, 0.5) is 15.8 Å². The zero-order valence-corrected chi connectivity index (χ0v) is 12.8. The third-order valence-electron chi connectivity index (χ3n) is 4.11. The maximum Gasteiger partial charge on any atom is 0.167 e. The van der Waals surface area contributed by atoms with Gasteiger partial charge in [-0.05, 0) is 19.3 Å². The maximum atomic E-state index is 13.9. The molecule has 1 fully saturated rings. The van der Waals surface area contributed by atoms with E-state index in [1.54, 1.807) is 6.07 Å². The van der Waals surface area contributed by atoms with Gasteiger partial charge in [0.05, 0.1) is 30.1 Å². The van der Waals surface area contributed by atoms with Crippen molar-refractivity contribution in [3.05, 3.63) is 17.9 Å². The number of halogens is 1. The van der Waals surface area contributed by atoms with Crippen molar-refractivity contribution < 1.29 is 14.2 Å². The molecule has 0 radical (unpaired) electrons. The van der Waals surface area contributed by atoms with E-state index < -0.39 is 5.82 Å². The van der Waals surface area contributed by atoms with Crippen LogP contribution in [0.15, 0.2) is 12.1 Å². The van der Waals surface area contributed by atoms with Crippen molar-refractivity contribution in [2.75, 3.05) is 24.3 Å². The van der Waals surface area contributed by atoms with E-state index in [4.69, 9.17) is 10.5 Å². The van der Waals surface area contributed by atoms with Gasteiger partial charge in [0.15, 0.2) is 11.6 Å². The highest BCUT2D eigenvalue weighted by Gasteiger charge is 2.28. The first-order chi connectivity index (χ1) is 10.0. The summed E-state index contributed by atoms with van der Waals surface area (Å²) in [7, 11) is 1.90. The fourth-order valence-electron chi connectivity index (χ4n) is 2.91. The Balaban J connectivity index is 2.24. The minimum Gasteiger partial charge on any atom is -0.490 e. The van der Waals surface area contributed by atoms with Gasteiger partial charge in [-0.2, -0.15) is 0 Å². The highest BCUT2D eigenvalue weighted by molar-refractivity contribution is 5.70. The lowest BCUT2D eigenvalue weighted by Crippen LogP contribution is -2.43. The zero-order chi connectivity index (χ0) is 15.4. The van der Waals surface area contributed by atoms with Crippen molar-refractivity contribution in [2.45, 2.75) is 51.2 Å². The third-order valence-corrected chi connectivity index (χ3v) is 4.11. The van der Waals surface area contributed by atoms with Crippen LogP contribution in [0.3, 0.4) is 0 Å². The second kappa shape index (κ2) is 6.98. The molecule has 3 N–H and O–H groups in total. The monoisotopic (exact) mass is 296 g/mol. The van der Waals surface area contributed by atoms with E-state index in [1.807, 2.05) is 18.9 Å². The summed E-state index contributed by atoms with van der Waals surface area (Å²) in [6, 6.07) is 2.96. The Morgan fingerprint density at radius 3 is 2.76 bits per heavy atom. The van der Waals surface area contributed by atoms with Gasteiger partial charge in [0.25, 0.3) is 0 Å². The van der Waals surface area contributed by atoms with E-state index in [9.17, 15) is 9.50 Å². The molecule has 0 aromatic heterocycles. The first-order valence-corrected chi connectivity index (χ1v) is 7.67. The summed E-state index contributed by atoms with van der Waals surface area (Å²) in [5.74, 6) is -0.222. The second-order valence-electron chi connectivity index (χ2n) is 5.72. The quantitative estimate of drug-likeness (QED) is 0.820. The SMILES string of the molecule is CCCOc1cc(N(C)C2CCCCC2O)c(N)cc1F. The van der Waals surface area contributed by atoms with Gasteiger partial charge < -0.3 is 20.5 Å². The number of hydrogen-bond donors (Lipinski definition) is 2. The highest BCUT2D eigenvalue weighted by Crippen LogP contribution is 2.34. The van der Waals surface area contributed by atoms with Crippen molar-refractivity contribution in [1.82, 2.24) is 0 Å². The number of nitrogens with zero attached hydrogens (tertiary/aromatic N) is 1. The van der Waals surface area contributed by atoms with Crippen LogP contribution in [0.25, 0.3) is 0 Å². The predicted molar refractivity (Wildman–Crippen MR) is 83.3 cm³/mol. The number of aliphatic hydroxyl groups is 1. The van der Waals surface area contributed by atoms with Gasteiger partial charge in [0.1, 0.15) is 0 Å². The molecule has 0 saturated heterocycles. The molecule has 118 valence electrons. The molecule has 2 unspecified atom stereocenters. The van der Waals surface area contributed by atoms with Crippen molar-refractivity contribution >= 4 is 11.4 Å². The molecule has 1 aromatic carbocycles. The molecule has 1 aliphatic carbocycles. The smallest absolute Gasteiger partial charge is 0.167 e. The summed E-state index contributed by atoms with van der Waals surface area (Å²) < 4.78 is 19.3. The van der Waals surface area contributed by atoms with Crippen LogP contribution < -0.4 is 15.4 Å². The van der Waals surface area contributed by atoms with Gasteiger partial charge in [-0.25, -0.2) is 4.39 Å². The Kier molecular flexibility index (Phi) is 5.28. The molecular formula is C16H25FN2O2. The van der Waals surface area contributed by atoms with Gasteiger partial charge in [0, 0.05) is 19.2 Å². The van der Waals surface area contributed by atoms with E-state index in [1.165, 1.54) is 6.07 Å². The normalized spacial score (nSPS) is 22.1. The largest absolute Gasteiger partial charge is 0.490 e. The van der Waals surface area contributed by atoms with E-state index in [0.717, 1.165) is 32.1 Å². The van der Waals surface area contributed by atoms with Crippen LogP contribution >= 0.6 is 0 Å². The molecular weight excluding hydrogens is 271 g/mol. The molecule has 0 aliphatic heterocycles. The summed E-state index contributed by atoms with van der Waals surface area (Å²) in [5, 5.41) is 10.2. The predicted octanol–water partition coefficient (Wildman–Crippen LogP) is 2.94. The molecule has 2 rings (SSSR count). The van der Waals surface area contributed by atoms with Crippen LogP contribution in [0.5, 0.6) is 5.75 Å². The van der Waals surface area contributed by atoms with E-state index in [-0.39, 0.29) is 17.9 Å². The number of likely N-dealkylation sites (N-methyl/N-ethyl adjacent to an activating group) is 1. The van der Waals surface area contributed by atoms with Crippen LogP contribution in [0.1, 0.15) is 39.0 Å². The van der Waals surface area contributed by atoms with Crippen molar-refractivity contribution in [2.24, 2.45) is 0 Å². The number of rotatable bonds is 5. The van der Waals surface area contributed by atoms with Crippen LogP contribution in [0, 0.1) is 5.82 Å². The highest BCUT2D eigenvalue weighted by atomic mass is 19.1. The van der Waals surface area contributed by atoms with Crippen molar-refractivity contribution in [3.63, 3.8) is 0 Å². The standard InChI is InChI=1S/C16H25FN2O2/c1-3-8-21-16-10-14(12(18)9-11(16)17)19(2)13-6-4-5-7-15(13)20/h9-10,13,15,20H,3-8,18H2,1-2H3. The fraction of sp³-hybridized carbons (Fsp3) is 0.625. The molecule has 0 amide bonds. The van der Waals surface area contributed by atoms with Gasteiger partial charge in [-0.3, -0.25) is 0 Å². The Labute approximate surface area is 125 Å². The second-order valence-corrected chi connectivity index (χ2v) is 5.72. The van der Waals surface area contributed by atoms with Gasteiger partial charge in [-0.1, -0.05) is 19.8 Å². The summed E-state index contributed by atoms with van der Waals surface area (Å²) in [4.78, 5) is 1.96. The number of nitrogen functional groups attached to an aromatic ring is 1. The van der Waals surface area contributed by atoms with Crippen molar-refractivity contribution in [3.8, 4) is 5.75 Å². The number of anilines is 2. The van der Waals surface area contributed by atoms with E-state index >= 15 is 0 Å². The molecule has 0 spiro atoms. The lowest BCUT2D eigenvalue weighted by molar-refractivity contribution is 0.106. The number of ether oxygens (including phenoxy) is 1. The Hall–Kier alpha value is -1.49. The van der Waals surface area contributed by atoms with Crippen LogP contribution in [0.2, 0.25) is 0 Å². The molecule has 1 aromatic rings. The molecule has 2 atom stereocenters. The minimum absolute atomic E-state index is 0.0190.